The zero-order valence-corrected chi connectivity index (χ0v) is 18.4. The zero-order valence-electron chi connectivity index (χ0n) is 18.4. The zero-order chi connectivity index (χ0) is 22.2. The SMILES string of the molecule is COC(=O)[C@]12CCCN1C(=O)[C@H](N(C(=O)OC(C)(C)C)C(=O)OC(C)(C)C)CC2. The minimum Gasteiger partial charge on any atom is -0.467 e. The summed E-state index contributed by atoms with van der Waals surface area (Å²) < 4.78 is 15.7. The molecule has 2 rings (SSSR count). The fourth-order valence-corrected chi connectivity index (χ4v) is 3.83. The number of piperidine rings is 1. The highest BCUT2D eigenvalue weighted by molar-refractivity contribution is 5.98. The summed E-state index contributed by atoms with van der Waals surface area (Å²) in [7, 11) is 1.29. The maximum absolute atomic E-state index is 13.3. The Morgan fingerprint density at radius 3 is 1.97 bits per heavy atom. The second kappa shape index (κ2) is 7.84. The molecule has 164 valence electrons. The Kier molecular flexibility index (Phi) is 6.20. The quantitative estimate of drug-likeness (QED) is 0.507. The van der Waals surface area contributed by atoms with E-state index >= 15 is 0 Å². The lowest BCUT2D eigenvalue weighted by atomic mass is 9.84. The minimum absolute atomic E-state index is 0.128. The van der Waals surface area contributed by atoms with Crippen molar-refractivity contribution in [2.75, 3.05) is 13.7 Å². The van der Waals surface area contributed by atoms with Crippen LogP contribution in [0.2, 0.25) is 0 Å². The number of fused-ring (bicyclic) bond motifs is 1. The second-order valence-electron chi connectivity index (χ2n) is 9.50. The number of hydrogen-bond donors (Lipinski definition) is 0. The van der Waals surface area contributed by atoms with E-state index in [1.807, 2.05) is 0 Å². The number of methoxy groups -OCH3 is 1. The van der Waals surface area contributed by atoms with Crippen LogP contribution in [-0.2, 0) is 23.8 Å². The smallest absolute Gasteiger partial charge is 0.420 e. The summed E-state index contributed by atoms with van der Waals surface area (Å²) in [5.74, 6) is -0.946. The first kappa shape index (κ1) is 23.0. The van der Waals surface area contributed by atoms with Crippen LogP contribution in [0.3, 0.4) is 0 Å². The van der Waals surface area contributed by atoms with Crippen molar-refractivity contribution < 1.29 is 33.4 Å². The van der Waals surface area contributed by atoms with E-state index < -0.39 is 46.8 Å². The van der Waals surface area contributed by atoms with Crippen molar-refractivity contribution in [2.24, 2.45) is 0 Å². The van der Waals surface area contributed by atoms with E-state index in [2.05, 4.69) is 0 Å². The number of hydrogen-bond acceptors (Lipinski definition) is 7. The number of ether oxygens (including phenoxy) is 3. The van der Waals surface area contributed by atoms with Crippen molar-refractivity contribution in [3.05, 3.63) is 0 Å². The summed E-state index contributed by atoms with van der Waals surface area (Å²) in [5.41, 5.74) is -2.76. The van der Waals surface area contributed by atoms with Gasteiger partial charge in [-0.15, -0.1) is 0 Å². The Labute approximate surface area is 171 Å². The summed E-state index contributed by atoms with van der Waals surface area (Å²) in [5, 5.41) is 0. The van der Waals surface area contributed by atoms with E-state index in [1.54, 1.807) is 41.5 Å². The molecule has 0 bridgehead atoms. The molecule has 2 aliphatic rings. The summed E-state index contributed by atoms with van der Waals surface area (Å²) in [6.45, 7) is 10.4. The number of esters is 1. The molecule has 2 aliphatic heterocycles. The third kappa shape index (κ3) is 4.82. The number of carbonyl (C=O) groups is 4. The maximum Gasteiger partial charge on any atom is 0.420 e. The highest BCUT2D eigenvalue weighted by Crippen LogP contribution is 2.40. The monoisotopic (exact) mass is 412 g/mol. The first-order valence-corrected chi connectivity index (χ1v) is 9.87. The van der Waals surface area contributed by atoms with Gasteiger partial charge in [0.15, 0.2) is 0 Å². The van der Waals surface area contributed by atoms with Gasteiger partial charge in [0.25, 0.3) is 0 Å². The summed E-state index contributed by atoms with van der Waals surface area (Å²) in [4.78, 5) is 53.6. The van der Waals surface area contributed by atoms with Gasteiger partial charge >= 0.3 is 18.2 Å². The fourth-order valence-electron chi connectivity index (χ4n) is 3.83. The Morgan fingerprint density at radius 2 is 1.52 bits per heavy atom. The van der Waals surface area contributed by atoms with E-state index in [-0.39, 0.29) is 12.8 Å². The van der Waals surface area contributed by atoms with Crippen LogP contribution in [0.15, 0.2) is 0 Å². The van der Waals surface area contributed by atoms with Gasteiger partial charge in [0.2, 0.25) is 5.91 Å². The molecule has 2 saturated heterocycles. The third-order valence-electron chi connectivity index (χ3n) is 4.93. The van der Waals surface area contributed by atoms with E-state index in [0.29, 0.717) is 19.4 Å². The van der Waals surface area contributed by atoms with Crippen molar-refractivity contribution in [3.8, 4) is 0 Å². The molecule has 0 aromatic rings. The molecule has 0 N–H and O–H groups in total. The first-order valence-electron chi connectivity index (χ1n) is 9.87. The number of nitrogens with zero attached hydrogens (tertiary/aromatic N) is 2. The largest absolute Gasteiger partial charge is 0.467 e. The van der Waals surface area contributed by atoms with Gasteiger partial charge in [0.1, 0.15) is 22.8 Å². The first-order chi connectivity index (χ1) is 13.2. The lowest BCUT2D eigenvalue weighted by molar-refractivity contribution is -0.165. The normalized spacial score (nSPS) is 24.6. The molecule has 2 fully saturated rings. The van der Waals surface area contributed by atoms with Gasteiger partial charge in [-0.2, -0.15) is 4.90 Å². The van der Waals surface area contributed by atoms with Gasteiger partial charge in [-0.3, -0.25) is 4.79 Å². The summed E-state index contributed by atoms with van der Waals surface area (Å²) >= 11 is 0. The highest BCUT2D eigenvalue weighted by atomic mass is 16.6. The van der Waals surface area contributed by atoms with Gasteiger partial charge in [0.05, 0.1) is 7.11 Å². The van der Waals surface area contributed by atoms with Gasteiger partial charge < -0.3 is 19.1 Å². The van der Waals surface area contributed by atoms with Crippen molar-refractivity contribution in [1.82, 2.24) is 9.80 Å². The summed E-state index contributed by atoms with van der Waals surface area (Å²) in [6, 6.07) is -1.10. The molecule has 0 aromatic heterocycles. The molecule has 3 amide bonds. The van der Waals surface area contributed by atoms with Crippen LogP contribution in [0.25, 0.3) is 0 Å². The maximum atomic E-state index is 13.3. The Hall–Kier alpha value is -2.32. The predicted molar refractivity (Wildman–Crippen MR) is 103 cm³/mol. The van der Waals surface area contributed by atoms with Crippen LogP contribution in [0, 0.1) is 0 Å². The van der Waals surface area contributed by atoms with Crippen LogP contribution < -0.4 is 0 Å². The second-order valence-corrected chi connectivity index (χ2v) is 9.50. The van der Waals surface area contributed by atoms with Crippen LogP contribution >= 0.6 is 0 Å². The van der Waals surface area contributed by atoms with Crippen molar-refractivity contribution in [2.45, 2.75) is 90.0 Å². The molecular weight excluding hydrogens is 380 g/mol. The Bertz CT molecular complexity index is 664. The van der Waals surface area contributed by atoms with E-state index in [4.69, 9.17) is 14.2 Å². The minimum atomic E-state index is -1.10. The Morgan fingerprint density at radius 1 is 1.00 bits per heavy atom. The van der Waals surface area contributed by atoms with Gasteiger partial charge in [-0.25, -0.2) is 14.4 Å². The van der Waals surface area contributed by atoms with Crippen LogP contribution in [0.5, 0.6) is 0 Å². The number of amides is 3. The molecule has 29 heavy (non-hydrogen) atoms. The van der Waals surface area contributed by atoms with Crippen molar-refractivity contribution in [1.29, 1.82) is 0 Å². The molecule has 9 nitrogen and oxygen atoms in total. The molecule has 2 heterocycles. The Balaban J connectivity index is 2.36. The standard InChI is InChI=1S/C20H32N2O7/c1-18(2,3)28-16(25)22(17(26)29-19(4,5)6)13-9-11-20(15(24)27-7)10-8-12-21(20)14(13)23/h13H,8-12H2,1-7H3/t13-,20-/m1/s1. The molecule has 9 heteroatoms. The summed E-state index contributed by atoms with van der Waals surface area (Å²) in [6.07, 6.45) is -0.338. The fraction of sp³-hybridized carbons (Fsp3) is 0.800. The topological polar surface area (TPSA) is 102 Å². The van der Waals surface area contributed by atoms with Crippen LogP contribution in [-0.4, -0.2) is 70.3 Å². The van der Waals surface area contributed by atoms with Crippen molar-refractivity contribution >= 4 is 24.1 Å². The molecular formula is C20H32N2O7. The van der Waals surface area contributed by atoms with E-state index in [9.17, 15) is 19.2 Å². The van der Waals surface area contributed by atoms with Crippen LogP contribution in [0.4, 0.5) is 9.59 Å². The number of carbonyl (C=O) groups excluding carboxylic acids is 4. The third-order valence-corrected chi connectivity index (χ3v) is 4.93. The lowest BCUT2D eigenvalue weighted by Gasteiger charge is -2.44. The molecule has 0 radical (unpaired) electrons. The molecule has 0 aromatic carbocycles. The number of imide groups is 1. The molecule has 0 unspecified atom stereocenters. The average molecular weight is 412 g/mol. The van der Waals surface area contributed by atoms with Gasteiger partial charge in [0, 0.05) is 6.54 Å². The van der Waals surface area contributed by atoms with Gasteiger partial charge in [-0.05, 0) is 67.2 Å². The molecule has 0 spiro atoms. The number of rotatable bonds is 2. The average Bonchev–Trinajstić information content (AvgIpc) is 2.99. The predicted octanol–water partition coefficient (Wildman–Crippen LogP) is 2.86. The van der Waals surface area contributed by atoms with Gasteiger partial charge in [-0.1, -0.05) is 0 Å². The molecule has 2 atom stereocenters. The lowest BCUT2D eigenvalue weighted by Crippen LogP contribution is -2.65. The van der Waals surface area contributed by atoms with E-state index in [1.165, 1.54) is 12.0 Å². The van der Waals surface area contributed by atoms with Crippen molar-refractivity contribution in [3.63, 3.8) is 0 Å². The highest BCUT2D eigenvalue weighted by Gasteiger charge is 2.57. The van der Waals surface area contributed by atoms with Crippen LogP contribution in [0.1, 0.15) is 67.2 Å². The van der Waals surface area contributed by atoms with E-state index in [0.717, 1.165) is 4.90 Å². The molecule has 0 saturated carbocycles. The molecule has 0 aliphatic carbocycles.